The Kier molecular flexibility index (Phi) is 3.80. The molecule has 0 radical (unpaired) electrons. The highest BCUT2D eigenvalue weighted by atomic mass is 32.2. The zero-order valence-electron chi connectivity index (χ0n) is 10.9. The van der Waals surface area contributed by atoms with Crippen LogP contribution in [-0.4, -0.2) is 28.1 Å². The first-order valence-corrected chi connectivity index (χ1v) is 7.53. The summed E-state index contributed by atoms with van der Waals surface area (Å²) in [6.45, 7) is 0. The van der Waals surface area contributed by atoms with E-state index < -0.39 is 10.0 Å². The molecule has 1 N–H and O–H groups in total. The first-order valence-electron chi connectivity index (χ1n) is 5.64. The Morgan fingerprint density at radius 2 is 2.00 bits per heavy atom. The van der Waals surface area contributed by atoms with Gasteiger partial charge >= 0.3 is 0 Å². The molecule has 0 fully saturated rings. The summed E-state index contributed by atoms with van der Waals surface area (Å²) in [5.41, 5.74) is 0.932. The standard InChI is InChI=1S/C13H13NO5S/c1-18-13-5-3-9(7-11(13)14-20(2,16)17)12-6-4-10(8-15)19-12/h3-8,14H,1-2H3. The van der Waals surface area contributed by atoms with Crippen LogP contribution in [0.4, 0.5) is 5.69 Å². The number of hydrogen-bond acceptors (Lipinski definition) is 5. The van der Waals surface area contributed by atoms with Crippen molar-refractivity contribution in [3.63, 3.8) is 0 Å². The largest absolute Gasteiger partial charge is 0.495 e. The molecule has 0 spiro atoms. The number of methoxy groups -OCH3 is 1. The first-order chi connectivity index (χ1) is 9.43. The fraction of sp³-hybridized carbons (Fsp3) is 0.154. The molecule has 1 heterocycles. The number of carbonyl (C=O) groups is 1. The Bertz CT molecular complexity index is 733. The topological polar surface area (TPSA) is 85.6 Å². The minimum absolute atomic E-state index is 0.202. The summed E-state index contributed by atoms with van der Waals surface area (Å²) in [6, 6.07) is 8.07. The van der Waals surface area contributed by atoms with Crippen LogP contribution in [0.1, 0.15) is 10.6 Å². The number of carbonyl (C=O) groups excluding carboxylic acids is 1. The molecule has 2 rings (SSSR count). The molecule has 0 aliphatic carbocycles. The Labute approximate surface area is 116 Å². The van der Waals surface area contributed by atoms with Crippen molar-refractivity contribution in [3.05, 3.63) is 36.1 Å². The highest BCUT2D eigenvalue weighted by Crippen LogP contribution is 2.31. The van der Waals surface area contributed by atoms with Gasteiger partial charge in [-0.05, 0) is 30.3 Å². The van der Waals surface area contributed by atoms with Crippen molar-refractivity contribution in [3.8, 4) is 17.1 Å². The van der Waals surface area contributed by atoms with Gasteiger partial charge in [-0.1, -0.05) is 0 Å². The fourth-order valence-corrected chi connectivity index (χ4v) is 2.27. The second-order valence-electron chi connectivity index (χ2n) is 4.11. The number of rotatable bonds is 5. The number of benzene rings is 1. The van der Waals surface area contributed by atoms with Crippen LogP contribution in [0, 0.1) is 0 Å². The minimum Gasteiger partial charge on any atom is -0.495 e. The Morgan fingerprint density at radius 3 is 2.55 bits per heavy atom. The van der Waals surface area contributed by atoms with Crippen molar-refractivity contribution >= 4 is 22.0 Å². The summed E-state index contributed by atoms with van der Waals surface area (Å²) in [5, 5.41) is 0. The minimum atomic E-state index is -3.42. The average Bonchev–Trinajstić information content (AvgIpc) is 2.85. The third-order valence-corrected chi connectivity index (χ3v) is 3.11. The molecule has 20 heavy (non-hydrogen) atoms. The van der Waals surface area contributed by atoms with Crippen LogP contribution in [0.2, 0.25) is 0 Å². The van der Waals surface area contributed by atoms with Gasteiger partial charge in [-0.2, -0.15) is 0 Å². The number of anilines is 1. The molecule has 0 saturated heterocycles. The van der Waals surface area contributed by atoms with Crippen molar-refractivity contribution in [1.29, 1.82) is 0 Å². The quantitative estimate of drug-likeness (QED) is 0.854. The molecule has 0 atom stereocenters. The highest BCUT2D eigenvalue weighted by molar-refractivity contribution is 7.92. The molecule has 0 amide bonds. The molecule has 1 aromatic carbocycles. The van der Waals surface area contributed by atoms with E-state index in [4.69, 9.17) is 9.15 Å². The summed E-state index contributed by atoms with van der Waals surface area (Å²) in [6.07, 6.45) is 1.65. The highest BCUT2D eigenvalue weighted by Gasteiger charge is 2.12. The molecule has 0 aliphatic heterocycles. The summed E-state index contributed by atoms with van der Waals surface area (Å²) in [7, 11) is -1.98. The lowest BCUT2D eigenvalue weighted by atomic mass is 10.1. The summed E-state index contributed by atoms with van der Waals surface area (Å²) in [4.78, 5) is 10.6. The van der Waals surface area contributed by atoms with Crippen LogP contribution in [0.15, 0.2) is 34.7 Å². The second-order valence-corrected chi connectivity index (χ2v) is 5.86. The van der Waals surface area contributed by atoms with Crippen molar-refractivity contribution in [2.75, 3.05) is 18.1 Å². The van der Waals surface area contributed by atoms with Crippen LogP contribution < -0.4 is 9.46 Å². The van der Waals surface area contributed by atoms with Gasteiger partial charge in [-0.3, -0.25) is 9.52 Å². The Morgan fingerprint density at radius 1 is 1.25 bits per heavy atom. The third kappa shape index (κ3) is 3.18. The van der Waals surface area contributed by atoms with E-state index in [0.717, 1.165) is 6.26 Å². The van der Waals surface area contributed by atoms with Gasteiger partial charge in [0.1, 0.15) is 11.5 Å². The van der Waals surface area contributed by atoms with Crippen molar-refractivity contribution in [2.24, 2.45) is 0 Å². The predicted octanol–water partition coefficient (Wildman–Crippen LogP) is 2.14. The van der Waals surface area contributed by atoms with E-state index in [2.05, 4.69) is 4.72 Å². The van der Waals surface area contributed by atoms with E-state index in [-0.39, 0.29) is 5.76 Å². The van der Waals surface area contributed by atoms with E-state index >= 15 is 0 Å². The Hall–Kier alpha value is -2.28. The molecule has 7 heteroatoms. The molecule has 106 valence electrons. The molecular formula is C13H13NO5S. The lowest BCUT2D eigenvalue weighted by molar-refractivity contribution is 0.110. The number of nitrogens with one attached hydrogen (secondary N) is 1. The first kappa shape index (κ1) is 14.1. The molecule has 0 aliphatic rings. The maximum Gasteiger partial charge on any atom is 0.229 e. The summed E-state index contributed by atoms with van der Waals surface area (Å²) >= 11 is 0. The molecule has 2 aromatic rings. The van der Waals surface area contributed by atoms with Crippen molar-refractivity contribution in [1.82, 2.24) is 0 Å². The number of ether oxygens (including phenoxy) is 1. The summed E-state index contributed by atoms with van der Waals surface area (Å²) < 4.78 is 35.4. The third-order valence-electron chi connectivity index (χ3n) is 2.52. The molecule has 0 saturated carbocycles. The van der Waals surface area contributed by atoms with Crippen LogP contribution in [0.25, 0.3) is 11.3 Å². The lowest BCUT2D eigenvalue weighted by Crippen LogP contribution is -2.10. The van der Waals surface area contributed by atoms with Gasteiger partial charge in [0.2, 0.25) is 10.0 Å². The Balaban J connectivity index is 2.45. The van der Waals surface area contributed by atoms with E-state index in [1.165, 1.54) is 13.2 Å². The molecule has 6 nitrogen and oxygen atoms in total. The van der Waals surface area contributed by atoms with Crippen molar-refractivity contribution in [2.45, 2.75) is 0 Å². The zero-order chi connectivity index (χ0) is 14.8. The molecule has 1 aromatic heterocycles. The van der Waals surface area contributed by atoms with Crippen LogP contribution in [0.3, 0.4) is 0 Å². The van der Waals surface area contributed by atoms with E-state index in [1.54, 1.807) is 24.3 Å². The smallest absolute Gasteiger partial charge is 0.229 e. The van der Waals surface area contributed by atoms with Crippen LogP contribution in [0.5, 0.6) is 5.75 Å². The second kappa shape index (κ2) is 5.38. The number of hydrogen-bond donors (Lipinski definition) is 1. The summed E-state index contributed by atoms with van der Waals surface area (Å²) in [5.74, 6) is 1.06. The SMILES string of the molecule is COc1ccc(-c2ccc(C=O)o2)cc1NS(C)(=O)=O. The van der Waals surface area contributed by atoms with Gasteiger partial charge < -0.3 is 9.15 Å². The van der Waals surface area contributed by atoms with E-state index in [9.17, 15) is 13.2 Å². The van der Waals surface area contributed by atoms with Crippen molar-refractivity contribution < 1.29 is 22.4 Å². The number of sulfonamides is 1. The fourth-order valence-electron chi connectivity index (χ4n) is 1.71. The zero-order valence-corrected chi connectivity index (χ0v) is 11.7. The van der Waals surface area contributed by atoms with E-state index in [0.29, 0.717) is 29.0 Å². The van der Waals surface area contributed by atoms with Gasteiger partial charge in [0.15, 0.2) is 12.0 Å². The molecule has 0 unspecified atom stereocenters. The van der Waals surface area contributed by atoms with Gasteiger partial charge in [0.25, 0.3) is 0 Å². The lowest BCUT2D eigenvalue weighted by Gasteiger charge is -2.10. The number of aldehydes is 1. The number of furan rings is 1. The molecular weight excluding hydrogens is 282 g/mol. The average molecular weight is 295 g/mol. The van der Waals surface area contributed by atoms with Crippen LogP contribution >= 0.6 is 0 Å². The molecule has 0 bridgehead atoms. The van der Waals surface area contributed by atoms with Crippen LogP contribution in [-0.2, 0) is 10.0 Å². The van der Waals surface area contributed by atoms with E-state index in [1.807, 2.05) is 0 Å². The van der Waals surface area contributed by atoms with Gasteiger partial charge in [-0.25, -0.2) is 8.42 Å². The monoisotopic (exact) mass is 295 g/mol. The predicted molar refractivity (Wildman–Crippen MR) is 74.6 cm³/mol. The normalized spacial score (nSPS) is 11.1. The van der Waals surface area contributed by atoms with Gasteiger partial charge in [-0.15, -0.1) is 0 Å². The maximum absolute atomic E-state index is 11.3. The van der Waals surface area contributed by atoms with Gasteiger partial charge in [0, 0.05) is 5.56 Å². The maximum atomic E-state index is 11.3. The van der Waals surface area contributed by atoms with Gasteiger partial charge in [0.05, 0.1) is 19.1 Å².